The number of hydrogen-bond donors (Lipinski definition) is 2. The number of carboxylic acid groups (broad SMARTS) is 1. The third kappa shape index (κ3) is 5.02. The normalized spacial score (nSPS) is 16.8. The van der Waals surface area contributed by atoms with E-state index in [0.29, 0.717) is 19.1 Å². The van der Waals surface area contributed by atoms with E-state index in [1.54, 1.807) is 21.1 Å². The van der Waals surface area contributed by atoms with Crippen molar-refractivity contribution in [1.82, 2.24) is 10.2 Å². The molecule has 0 aliphatic carbocycles. The largest absolute Gasteiger partial charge is 0.480 e. The van der Waals surface area contributed by atoms with Crippen molar-refractivity contribution in [3.8, 4) is 0 Å². The van der Waals surface area contributed by atoms with Crippen LogP contribution in [0.3, 0.4) is 0 Å². The lowest BCUT2D eigenvalue weighted by Gasteiger charge is -2.31. The first-order valence-corrected chi connectivity index (χ1v) is 6.06. The van der Waals surface area contributed by atoms with Crippen molar-refractivity contribution in [2.24, 2.45) is 0 Å². The van der Waals surface area contributed by atoms with Gasteiger partial charge in [0.1, 0.15) is 5.54 Å². The number of likely N-dealkylation sites (N-methyl/N-ethyl adjacent to an activating group) is 2. The molecule has 17 heavy (non-hydrogen) atoms. The Morgan fingerprint density at radius 2 is 2.18 bits per heavy atom. The maximum atomic E-state index is 11.1. The summed E-state index contributed by atoms with van der Waals surface area (Å²) in [6.45, 7) is 8.17. The van der Waals surface area contributed by atoms with E-state index in [1.807, 2.05) is 0 Å². The Morgan fingerprint density at radius 3 is 2.53 bits per heavy atom. The molecule has 0 bridgehead atoms. The fourth-order valence-corrected chi connectivity index (χ4v) is 1.74. The fourth-order valence-electron chi connectivity index (χ4n) is 1.74. The second-order valence-electron chi connectivity index (χ2n) is 4.57. The van der Waals surface area contributed by atoms with E-state index < -0.39 is 11.5 Å². The van der Waals surface area contributed by atoms with Gasteiger partial charge in [0.25, 0.3) is 0 Å². The van der Waals surface area contributed by atoms with Crippen molar-refractivity contribution >= 4 is 5.97 Å². The van der Waals surface area contributed by atoms with Crippen molar-refractivity contribution in [2.75, 3.05) is 33.9 Å². The van der Waals surface area contributed by atoms with Crippen LogP contribution in [0.2, 0.25) is 0 Å². The molecule has 0 aromatic heterocycles. The van der Waals surface area contributed by atoms with Crippen molar-refractivity contribution in [3.63, 3.8) is 0 Å². The molecule has 0 spiro atoms. The Balaban J connectivity index is 4.35. The summed E-state index contributed by atoms with van der Waals surface area (Å²) < 4.78 is 5.12. The zero-order chi connectivity index (χ0) is 13.5. The smallest absolute Gasteiger partial charge is 0.323 e. The summed E-state index contributed by atoms with van der Waals surface area (Å²) in [6.07, 6.45) is 0.570. The van der Waals surface area contributed by atoms with Crippen molar-refractivity contribution in [2.45, 2.75) is 38.8 Å². The van der Waals surface area contributed by atoms with Gasteiger partial charge in [0.05, 0.1) is 6.61 Å². The monoisotopic (exact) mass is 246 g/mol. The number of rotatable bonds is 9. The molecule has 0 aliphatic rings. The Labute approximate surface area is 104 Å². The van der Waals surface area contributed by atoms with Crippen LogP contribution in [0.4, 0.5) is 0 Å². The summed E-state index contributed by atoms with van der Waals surface area (Å²) in [5, 5.41) is 12.0. The Bertz CT molecular complexity index is 236. The molecular formula is C12H26N2O3. The number of hydrogen-bond acceptors (Lipinski definition) is 4. The number of ether oxygens (including phenoxy) is 1. The van der Waals surface area contributed by atoms with E-state index >= 15 is 0 Å². The molecule has 2 atom stereocenters. The van der Waals surface area contributed by atoms with Crippen LogP contribution >= 0.6 is 0 Å². The first-order valence-electron chi connectivity index (χ1n) is 6.06. The third-order valence-corrected chi connectivity index (χ3v) is 3.36. The van der Waals surface area contributed by atoms with Gasteiger partial charge < -0.3 is 15.2 Å². The van der Waals surface area contributed by atoms with Gasteiger partial charge in [0.15, 0.2) is 0 Å². The van der Waals surface area contributed by atoms with Gasteiger partial charge in [0, 0.05) is 19.7 Å². The van der Waals surface area contributed by atoms with Gasteiger partial charge in [-0.3, -0.25) is 9.69 Å². The van der Waals surface area contributed by atoms with Crippen molar-refractivity contribution in [1.29, 1.82) is 0 Å². The second-order valence-corrected chi connectivity index (χ2v) is 4.57. The van der Waals surface area contributed by atoms with Crippen LogP contribution in [0.5, 0.6) is 0 Å². The molecule has 0 aliphatic heterocycles. The van der Waals surface area contributed by atoms with Gasteiger partial charge in [-0.05, 0) is 33.9 Å². The number of aliphatic carboxylic acids is 1. The van der Waals surface area contributed by atoms with Crippen LogP contribution in [0.15, 0.2) is 0 Å². The van der Waals surface area contributed by atoms with Gasteiger partial charge in [-0.1, -0.05) is 6.92 Å². The highest BCUT2D eigenvalue weighted by Crippen LogP contribution is 2.12. The van der Waals surface area contributed by atoms with E-state index in [-0.39, 0.29) is 0 Å². The van der Waals surface area contributed by atoms with Crippen molar-refractivity contribution in [3.05, 3.63) is 0 Å². The molecule has 0 amide bonds. The minimum Gasteiger partial charge on any atom is -0.480 e. The van der Waals surface area contributed by atoms with E-state index in [4.69, 9.17) is 9.84 Å². The molecule has 2 unspecified atom stereocenters. The van der Waals surface area contributed by atoms with E-state index in [2.05, 4.69) is 24.1 Å². The van der Waals surface area contributed by atoms with Crippen LogP contribution in [0, 0.1) is 0 Å². The summed E-state index contributed by atoms with van der Waals surface area (Å²) >= 11 is 0. The molecule has 5 nitrogen and oxygen atoms in total. The van der Waals surface area contributed by atoms with Crippen LogP contribution < -0.4 is 5.32 Å². The average Bonchev–Trinajstić information content (AvgIpc) is 2.29. The van der Waals surface area contributed by atoms with Crippen molar-refractivity contribution < 1.29 is 14.6 Å². The zero-order valence-electron chi connectivity index (χ0n) is 11.6. The zero-order valence-corrected chi connectivity index (χ0v) is 11.6. The van der Waals surface area contributed by atoms with Gasteiger partial charge in [-0.25, -0.2) is 0 Å². The lowest BCUT2D eigenvalue weighted by atomic mass is 9.98. The Morgan fingerprint density at radius 1 is 1.59 bits per heavy atom. The molecule has 0 rings (SSSR count). The van der Waals surface area contributed by atoms with Gasteiger partial charge >= 0.3 is 5.97 Å². The predicted molar refractivity (Wildman–Crippen MR) is 68.3 cm³/mol. The molecule has 0 fully saturated rings. The van der Waals surface area contributed by atoms with E-state index in [1.165, 1.54) is 0 Å². The highest BCUT2D eigenvalue weighted by atomic mass is 16.5. The van der Waals surface area contributed by atoms with E-state index in [0.717, 1.165) is 13.1 Å². The predicted octanol–water partition coefficient (Wildman–Crippen LogP) is 0.796. The summed E-state index contributed by atoms with van der Waals surface area (Å²) in [7, 11) is 3.36. The van der Waals surface area contributed by atoms with E-state index in [9.17, 15) is 4.79 Å². The summed E-state index contributed by atoms with van der Waals surface area (Å²) in [4.78, 5) is 13.4. The topological polar surface area (TPSA) is 61.8 Å². The number of carboxylic acids is 1. The molecule has 2 N–H and O–H groups in total. The lowest BCUT2D eigenvalue weighted by molar-refractivity contribution is -0.144. The van der Waals surface area contributed by atoms with Crippen LogP contribution in [-0.4, -0.2) is 61.4 Å². The standard InChI is InChI=1S/C12H26N2O3/c1-6-14(10(2)9-17-5)8-7-12(3,13-4)11(15)16/h10,13H,6-9H2,1-5H3,(H,15,16). The average molecular weight is 246 g/mol. The molecule has 5 heteroatoms. The fraction of sp³-hybridized carbons (Fsp3) is 0.917. The third-order valence-electron chi connectivity index (χ3n) is 3.36. The maximum absolute atomic E-state index is 11.1. The number of methoxy groups -OCH3 is 1. The number of nitrogens with zero attached hydrogens (tertiary/aromatic N) is 1. The van der Waals surface area contributed by atoms with Crippen LogP contribution in [0.25, 0.3) is 0 Å². The molecule has 0 saturated carbocycles. The summed E-state index contributed by atoms with van der Waals surface area (Å²) in [6, 6.07) is 0.305. The first kappa shape index (κ1) is 16.4. The second kappa shape index (κ2) is 7.63. The van der Waals surface area contributed by atoms with Gasteiger partial charge in [0.2, 0.25) is 0 Å². The van der Waals surface area contributed by atoms with Crippen LogP contribution in [-0.2, 0) is 9.53 Å². The molecule has 0 aromatic carbocycles. The van der Waals surface area contributed by atoms with Gasteiger partial charge in [-0.15, -0.1) is 0 Å². The Kier molecular flexibility index (Phi) is 7.34. The Hall–Kier alpha value is -0.650. The molecule has 0 aromatic rings. The summed E-state index contributed by atoms with van der Waals surface area (Å²) in [5.41, 5.74) is -0.861. The van der Waals surface area contributed by atoms with Gasteiger partial charge in [-0.2, -0.15) is 0 Å². The maximum Gasteiger partial charge on any atom is 0.323 e. The number of nitrogens with one attached hydrogen (secondary N) is 1. The minimum atomic E-state index is -0.861. The highest BCUT2D eigenvalue weighted by molar-refractivity contribution is 5.78. The minimum absolute atomic E-state index is 0.305. The molecule has 0 saturated heterocycles. The molecule has 102 valence electrons. The number of carbonyl (C=O) groups is 1. The molecular weight excluding hydrogens is 220 g/mol. The SMILES string of the molecule is CCN(CCC(C)(NC)C(=O)O)C(C)COC. The lowest BCUT2D eigenvalue weighted by Crippen LogP contribution is -2.50. The highest BCUT2D eigenvalue weighted by Gasteiger charge is 2.31. The van der Waals surface area contributed by atoms with Crippen LogP contribution in [0.1, 0.15) is 27.2 Å². The molecule has 0 radical (unpaired) electrons. The summed E-state index contributed by atoms with van der Waals surface area (Å²) in [5.74, 6) is -0.810. The molecule has 0 heterocycles. The quantitative estimate of drug-likeness (QED) is 0.630. The first-order chi connectivity index (χ1) is 7.91.